The second-order valence-corrected chi connectivity index (χ2v) is 4.68. The zero-order valence-corrected chi connectivity index (χ0v) is 10.3. The fourth-order valence-corrected chi connectivity index (χ4v) is 2.50. The summed E-state index contributed by atoms with van der Waals surface area (Å²) in [6.45, 7) is 1.89. The number of hydrogen-bond acceptors (Lipinski definition) is 4. The number of anilines is 1. The van der Waals surface area contributed by atoms with Gasteiger partial charge in [0, 0.05) is 22.0 Å². The van der Waals surface area contributed by atoms with Crippen molar-refractivity contribution in [3.8, 4) is 0 Å². The van der Waals surface area contributed by atoms with Gasteiger partial charge in [-0.3, -0.25) is 0 Å². The Balaban J connectivity index is 2.10. The third kappa shape index (κ3) is 2.51. The molecule has 0 aliphatic rings. The molecular formula is C11H11ClN2OS. The fraction of sp³-hybridized carbons (Fsp3) is 0.182. The van der Waals surface area contributed by atoms with Crippen LogP contribution in [0.15, 0.2) is 34.1 Å². The molecule has 1 heterocycles. The number of oxazole rings is 1. The van der Waals surface area contributed by atoms with Crippen LogP contribution in [0.25, 0.3) is 0 Å². The lowest BCUT2D eigenvalue weighted by molar-refractivity contribution is 0.454. The number of nitrogen functional groups attached to an aromatic ring is 1. The molecule has 0 atom stereocenters. The Kier molecular flexibility index (Phi) is 3.41. The van der Waals surface area contributed by atoms with Gasteiger partial charge in [0.15, 0.2) is 0 Å². The molecule has 16 heavy (non-hydrogen) atoms. The van der Waals surface area contributed by atoms with E-state index in [2.05, 4.69) is 4.98 Å². The van der Waals surface area contributed by atoms with E-state index in [1.165, 1.54) is 11.8 Å². The van der Waals surface area contributed by atoms with Crippen LogP contribution in [0.4, 0.5) is 5.69 Å². The van der Waals surface area contributed by atoms with Crippen LogP contribution in [-0.4, -0.2) is 4.98 Å². The third-order valence-corrected chi connectivity index (χ3v) is 3.31. The summed E-state index contributed by atoms with van der Waals surface area (Å²) >= 11 is 7.54. The van der Waals surface area contributed by atoms with Crippen LogP contribution in [0.2, 0.25) is 5.02 Å². The molecule has 84 valence electrons. The second-order valence-electron chi connectivity index (χ2n) is 3.35. The molecule has 1 aromatic carbocycles. The first kappa shape index (κ1) is 11.4. The molecule has 5 heteroatoms. The van der Waals surface area contributed by atoms with Crippen molar-refractivity contribution in [1.29, 1.82) is 0 Å². The summed E-state index contributed by atoms with van der Waals surface area (Å²) in [6.07, 6.45) is 1.62. The first-order chi connectivity index (χ1) is 7.66. The van der Waals surface area contributed by atoms with Crippen LogP contribution >= 0.6 is 23.4 Å². The normalized spacial score (nSPS) is 10.6. The molecular weight excluding hydrogens is 244 g/mol. The summed E-state index contributed by atoms with van der Waals surface area (Å²) in [5, 5.41) is 1.31. The Labute approximate surface area is 103 Å². The maximum absolute atomic E-state index is 6.06. The lowest BCUT2D eigenvalue weighted by Gasteiger charge is -2.05. The van der Waals surface area contributed by atoms with Gasteiger partial charge in [0.2, 0.25) is 0 Å². The van der Waals surface area contributed by atoms with Crippen LogP contribution in [0.5, 0.6) is 0 Å². The minimum atomic E-state index is 0.636. The Bertz CT molecular complexity index is 478. The summed E-state index contributed by atoms with van der Waals surface area (Å²) in [5.41, 5.74) is 8.33. The zero-order valence-electron chi connectivity index (χ0n) is 8.74. The van der Waals surface area contributed by atoms with Gasteiger partial charge in [0.1, 0.15) is 6.26 Å². The molecule has 2 rings (SSSR count). The van der Waals surface area contributed by atoms with Crippen LogP contribution < -0.4 is 5.73 Å². The molecule has 0 saturated carbocycles. The van der Waals surface area contributed by atoms with Crippen molar-refractivity contribution in [1.82, 2.24) is 4.98 Å². The molecule has 0 aliphatic carbocycles. The highest BCUT2D eigenvalue weighted by Gasteiger charge is 2.07. The molecule has 0 saturated heterocycles. The van der Waals surface area contributed by atoms with E-state index in [1.807, 2.05) is 25.1 Å². The highest BCUT2D eigenvalue weighted by molar-refractivity contribution is 7.98. The van der Waals surface area contributed by atoms with E-state index in [0.29, 0.717) is 21.7 Å². The van der Waals surface area contributed by atoms with Crippen molar-refractivity contribution >= 4 is 29.1 Å². The van der Waals surface area contributed by atoms with Crippen molar-refractivity contribution in [2.75, 3.05) is 5.73 Å². The Morgan fingerprint density at radius 3 is 2.94 bits per heavy atom. The first-order valence-corrected chi connectivity index (χ1v) is 6.11. The monoisotopic (exact) mass is 254 g/mol. The van der Waals surface area contributed by atoms with E-state index >= 15 is 0 Å². The fourth-order valence-electron chi connectivity index (χ4n) is 1.26. The Morgan fingerprint density at radius 1 is 1.50 bits per heavy atom. The molecule has 0 aliphatic heterocycles. The van der Waals surface area contributed by atoms with Crippen LogP contribution in [-0.2, 0) is 5.75 Å². The van der Waals surface area contributed by atoms with Crippen molar-refractivity contribution < 1.29 is 4.42 Å². The van der Waals surface area contributed by atoms with E-state index in [9.17, 15) is 0 Å². The summed E-state index contributed by atoms with van der Waals surface area (Å²) in [7, 11) is 0. The van der Waals surface area contributed by atoms with E-state index in [-0.39, 0.29) is 0 Å². The van der Waals surface area contributed by atoms with E-state index < -0.39 is 0 Å². The standard InChI is InChI=1S/C11H11ClN2OS/c1-7-5-15-11(14-7)16-6-8-9(12)3-2-4-10(8)13/h2-5H,6,13H2,1H3. The van der Waals surface area contributed by atoms with E-state index in [1.54, 1.807) is 6.26 Å². The first-order valence-electron chi connectivity index (χ1n) is 4.74. The number of thioether (sulfide) groups is 1. The van der Waals surface area contributed by atoms with Gasteiger partial charge in [0.25, 0.3) is 5.22 Å². The highest BCUT2D eigenvalue weighted by Crippen LogP contribution is 2.29. The SMILES string of the molecule is Cc1coc(SCc2c(N)cccc2Cl)n1. The Morgan fingerprint density at radius 2 is 2.31 bits per heavy atom. The van der Waals surface area contributed by atoms with Gasteiger partial charge in [-0.25, -0.2) is 4.98 Å². The molecule has 0 spiro atoms. The number of benzene rings is 1. The number of nitrogens with two attached hydrogens (primary N) is 1. The smallest absolute Gasteiger partial charge is 0.256 e. The third-order valence-electron chi connectivity index (χ3n) is 2.09. The summed E-state index contributed by atoms with van der Waals surface area (Å²) < 4.78 is 5.23. The molecule has 1 aromatic heterocycles. The topological polar surface area (TPSA) is 52.0 Å². The van der Waals surface area contributed by atoms with E-state index in [4.69, 9.17) is 21.8 Å². The minimum absolute atomic E-state index is 0.636. The number of aromatic nitrogens is 1. The van der Waals surface area contributed by atoms with Gasteiger partial charge in [-0.1, -0.05) is 29.4 Å². The second kappa shape index (κ2) is 4.80. The molecule has 0 fully saturated rings. The van der Waals surface area contributed by atoms with Gasteiger partial charge in [-0.2, -0.15) is 0 Å². The van der Waals surface area contributed by atoms with Crippen molar-refractivity contribution in [2.24, 2.45) is 0 Å². The maximum Gasteiger partial charge on any atom is 0.256 e. The number of rotatable bonds is 3. The maximum atomic E-state index is 6.06. The molecule has 3 nitrogen and oxygen atoms in total. The average molecular weight is 255 g/mol. The number of nitrogens with zero attached hydrogens (tertiary/aromatic N) is 1. The summed E-state index contributed by atoms with van der Waals surface area (Å²) in [4.78, 5) is 4.20. The average Bonchev–Trinajstić information content (AvgIpc) is 2.63. The van der Waals surface area contributed by atoms with Gasteiger partial charge >= 0.3 is 0 Å². The Hall–Kier alpha value is -1.13. The van der Waals surface area contributed by atoms with Crippen molar-refractivity contribution in [3.05, 3.63) is 40.7 Å². The lowest BCUT2D eigenvalue weighted by atomic mass is 10.2. The zero-order chi connectivity index (χ0) is 11.5. The molecule has 0 unspecified atom stereocenters. The summed E-state index contributed by atoms with van der Waals surface area (Å²) in [6, 6.07) is 5.50. The molecule has 2 aromatic rings. The molecule has 0 amide bonds. The van der Waals surface area contributed by atoms with Gasteiger partial charge in [-0.05, 0) is 19.1 Å². The van der Waals surface area contributed by atoms with E-state index in [0.717, 1.165) is 11.3 Å². The largest absolute Gasteiger partial charge is 0.440 e. The number of aryl methyl sites for hydroxylation is 1. The van der Waals surface area contributed by atoms with Gasteiger partial charge in [-0.15, -0.1) is 0 Å². The minimum Gasteiger partial charge on any atom is -0.440 e. The molecule has 2 N–H and O–H groups in total. The molecule has 0 radical (unpaired) electrons. The van der Waals surface area contributed by atoms with Crippen molar-refractivity contribution in [3.63, 3.8) is 0 Å². The summed E-state index contributed by atoms with van der Waals surface area (Å²) in [5.74, 6) is 0.658. The predicted octanol–water partition coefficient (Wildman–Crippen LogP) is 3.51. The quantitative estimate of drug-likeness (QED) is 0.673. The van der Waals surface area contributed by atoms with Gasteiger partial charge in [0.05, 0.1) is 5.69 Å². The van der Waals surface area contributed by atoms with Gasteiger partial charge < -0.3 is 10.2 Å². The number of halogens is 1. The highest BCUT2D eigenvalue weighted by atomic mass is 35.5. The molecule has 0 bridgehead atoms. The van der Waals surface area contributed by atoms with Crippen molar-refractivity contribution in [2.45, 2.75) is 17.9 Å². The number of hydrogen-bond donors (Lipinski definition) is 1. The van der Waals surface area contributed by atoms with Crippen LogP contribution in [0.1, 0.15) is 11.3 Å². The van der Waals surface area contributed by atoms with Crippen LogP contribution in [0, 0.1) is 6.92 Å². The lowest BCUT2D eigenvalue weighted by Crippen LogP contribution is -1.93. The predicted molar refractivity (Wildman–Crippen MR) is 66.7 cm³/mol. The van der Waals surface area contributed by atoms with Crippen LogP contribution in [0.3, 0.4) is 0 Å².